The summed E-state index contributed by atoms with van der Waals surface area (Å²) in [5, 5.41) is 7.62. The summed E-state index contributed by atoms with van der Waals surface area (Å²) < 4.78 is 2.70. The van der Waals surface area contributed by atoms with Gasteiger partial charge < -0.3 is 5.32 Å². The Hall–Kier alpha value is -1.88. The van der Waals surface area contributed by atoms with Crippen LogP contribution in [0.1, 0.15) is 5.56 Å². The first-order valence-electron chi connectivity index (χ1n) is 6.11. The smallest absolute Gasteiger partial charge is 0.243 e. The number of hydrogen-bond acceptors (Lipinski definition) is 3. The van der Waals surface area contributed by atoms with Crippen molar-refractivity contribution < 1.29 is 0 Å². The second-order valence-electron chi connectivity index (χ2n) is 4.22. The normalized spacial score (nSPS) is 10.8. The van der Waals surface area contributed by atoms with Crippen LogP contribution in [0.5, 0.6) is 0 Å². The van der Waals surface area contributed by atoms with Gasteiger partial charge in [-0.3, -0.25) is 0 Å². The van der Waals surface area contributed by atoms with Crippen molar-refractivity contribution in [3.05, 3.63) is 58.7 Å². The number of fused-ring (bicyclic) bond motifs is 1. The van der Waals surface area contributed by atoms with Crippen molar-refractivity contribution in [1.29, 1.82) is 0 Å². The van der Waals surface area contributed by atoms with Crippen molar-refractivity contribution in [3.63, 3.8) is 0 Å². The molecule has 3 aromatic rings. The van der Waals surface area contributed by atoms with Crippen LogP contribution in [0.3, 0.4) is 0 Å². The number of benzene rings is 1. The van der Waals surface area contributed by atoms with Gasteiger partial charge >= 0.3 is 0 Å². The Labute approximate surface area is 119 Å². The summed E-state index contributed by atoms with van der Waals surface area (Å²) in [6.45, 7) is 0.818. The van der Waals surface area contributed by atoms with Gasteiger partial charge in [-0.1, -0.05) is 30.3 Å². The SMILES string of the molecule is Brc1cccn2nc(NCCc3ccccc3)nc12. The van der Waals surface area contributed by atoms with Gasteiger partial charge in [0.25, 0.3) is 0 Å². The molecule has 0 aliphatic heterocycles. The first-order chi connectivity index (χ1) is 9.33. The van der Waals surface area contributed by atoms with Crippen molar-refractivity contribution in [2.24, 2.45) is 0 Å². The molecule has 0 aliphatic rings. The van der Waals surface area contributed by atoms with Crippen molar-refractivity contribution in [3.8, 4) is 0 Å². The van der Waals surface area contributed by atoms with Gasteiger partial charge in [-0.05, 0) is 40.0 Å². The van der Waals surface area contributed by atoms with Gasteiger partial charge in [0.2, 0.25) is 5.95 Å². The number of halogens is 1. The van der Waals surface area contributed by atoms with Gasteiger partial charge in [-0.15, -0.1) is 5.10 Å². The molecule has 96 valence electrons. The van der Waals surface area contributed by atoms with Crippen LogP contribution >= 0.6 is 15.9 Å². The van der Waals surface area contributed by atoms with Crippen molar-refractivity contribution in [2.45, 2.75) is 6.42 Å². The van der Waals surface area contributed by atoms with Crippen LogP contribution in [0.15, 0.2) is 53.1 Å². The minimum Gasteiger partial charge on any atom is -0.353 e. The largest absolute Gasteiger partial charge is 0.353 e. The van der Waals surface area contributed by atoms with Crippen molar-refractivity contribution in [1.82, 2.24) is 14.6 Å². The van der Waals surface area contributed by atoms with E-state index in [1.165, 1.54) is 5.56 Å². The number of rotatable bonds is 4. The minimum absolute atomic E-state index is 0.655. The van der Waals surface area contributed by atoms with Gasteiger partial charge in [0, 0.05) is 12.7 Å². The highest BCUT2D eigenvalue weighted by atomic mass is 79.9. The highest BCUT2D eigenvalue weighted by Gasteiger charge is 2.05. The Balaban J connectivity index is 1.67. The third kappa shape index (κ3) is 2.76. The number of aromatic nitrogens is 3. The Morgan fingerprint density at radius 3 is 2.74 bits per heavy atom. The number of hydrogen-bond donors (Lipinski definition) is 1. The quantitative estimate of drug-likeness (QED) is 0.804. The van der Waals surface area contributed by atoms with Crippen LogP contribution in [0.4, 0.5) is 5.95 Å². The van der Waals surface area contributed by atoms with Gasteiger partial charge in [0.05, 0.1) is 4.47 Å². The lowest BCUT2D eigenvalue weighted by atomic mass is 10.1. The molecular weight excluding hydrogens is 304 g/mol. The molecule has 2 aromatic heterocycles. The third-order valence-corrected chi connectivity index (χ3v) is 3.47. The van der Waals surface area contributed by atoms with E-state index >= 15 is 0 Å². The maximum Gasteiger partial charge on any atom is 0.243 e. The molecular formula is C14H13BrN4. The molecule has 0 saturated carbocycles. The van der Waals surface area contributed by atoms with Crippen LogP contribution in [0.25, 0.3) is 5.65 Å². The summed E-state index contributed by atoms with van der Waals surface area (Å²) in [4.78, 5) is 4.44. The van der Waals surface area contributed by atoms with E-state index in [1.54, 1.807) is 4.52 Å². The number of nitrogens with one attached hydrogen (secondary N) is 1. The number of anilines is 1. The topological polar surface area (TPSA) is 42.2 Å². The highest BCUT2D eigenvalue weighted by molar-refractivity contribution is 9.10. The van der Waals surface area contributed by atoms with E-state index in [1.807, 2.05) is 24.4 Å². The Bertz CT molecular complexity index is 678. The Morgan fingerprint density at radius 1 is 1.11 bits per heavy atom. The molecule has 0 saturated heterocycles. The summed E-state index contributed by atoms with van der Waals surface area (Å²) in [6.07, 6.45) is 2.84. The molecule has 1 N–H and O–H groups in total. The average Bonchev–Trinajstić information content (AvgIpc) is 2.84. The van der Waals surface area contributed by atoms with Crippen molar-refractivity contribution >= 4 is 27.5 Å². The molecule has 0 aliphatic carbocycles. The highest BCUT2D eigenvalue weighted by Crippen LogP contribution is 2.16. The standard InChI is InChI=1S/C14H13BrN4/c15-12-7-4-10-19-13(12)17-14(18-19)16-9-8-11-5-2-1-3-6-11/h1-7,10H,8-9H2,(H,16,18). The van der Waals surface area contributed by atoms with Crippen molar-refractivity contribution in [2.75, 3.05) is 11.9 Å². The Kier molecular flexibility index (Phi) is 3.46. The zero-order valence-electron chi connectivity index (χ0n) is 10.3. The molecule has 19 heavy (non-hydrogen) atoms. The predicted molar refractivity (Wildman–Crippen MR) is 79.3 cm³/mol. The molecule has 0 fully saturated rings. The first-order valence-corrected chi connectivity index (χ1v) is 6.91. The summed E-state index contributed by atoms with van der Waals surface area (Å²) in [6, 6.07) is 14.3. The first kappa shape index (κ1) is 12.2. The molecule has 5 heteroatoms. The van der Waals surface area contributed by atoms with Gasteiger partial charge in [0.1, 0.15) is 0 Å². The molecule has 0 spiro atoms. The lowest BCUT2D eigenvalue weighted by Gasteiger charge is -2.01. The maximum absolute atomic E-state index is 4.44. The zero-order chi connectivity index (χ0) is 13.1. The Morgan fingerprint density at radius 2 is 1.95 bits per heavy atom. The fraction of sp³-hybridized carbons (Fsp3) is 0.143. The van der Waals surface area contributed by atoms with E-state index < -0.39 is 0 Å². The minimum atomic E-state index is 0.655. The molecule has 0 atom stereocenters. The second kappa shape index (κ2) is 5.40. The van der Waals surface area contributed by atoms with Gasteiger partial charge in [0.15, 0.2) is 5.65 Å². The molecule has 0 radical (unpaired) electrons. The van der Waals surface area contributed by atoms with Gasteiger partial charge in [-0.2, -0.15) is 4.98 Å². The second-order valence-corrected chi connectivity index (χ2v) is 5.08. The van der Waals surface area contributed by atoms with E-state index in [4.69, 9.17) is 0 Å². The molecule has 0 bridgehead atoms. The summed E-state index contributed by atoms with van der Waals surface area (Å²) in [5.74, 6) is 0.655. The number of nitrogens with zero attached hydrogens (tertiary/aromatic N) is 3. The van der Waals surface area contributed by atoms with Crippen LogP contribution in [-0.4, -0.2) is 21.1 Å². The fourth-order valence-corrected chi connectivity index (χ4v) is 2.33. The summed E-state index contributed by atoms with van der Waals surface area (Å²) in [5.41, 5.74) is 2.13. The molecule has 2 heterocycles. The number of pyridine rings is 1. The molecule has 0 amide bonds. The van der Waals surface area contributed by atoms with E-state index in [0.29, 0.717) is 5.95 Å². The lowest BCUT2D eigenvalue weighted by molar-refractivity contribution is 0.936. The predicted octanol–water partition coefficient (Wildman–Crippen LogP) is 3.15. The van der Waals surface area contributed by atoms with Crippen LogP contribution in [0, 0.1) is 0 Å². The van der Waals surface area contributed by atoms with Crippen LogP contribution in [0.2, 0.25) is 0 Å². The van der Waals surface area contributed by atoms with Crippen LogP contribution < -0.4 is 5.32 Å². The molecule has 3 rings (SSSR count). The van der Waals surface area contributed by atoms with E-state index in [-0.39, 0.29) is 0 Å². The van der Waals surface area contributed by atoms with E-state index in [2.05, 4.69) is 55.6 Å². The summed E-state index contributed by atoms with van der Waals surface area (Å²) >= 11 is 3.46. The summed E-state index contributed by atoms with van der Waals surface area (Å²) in [7, 11) is 0. The molecule has 1 aromatic carbocycles. The van der Waals surface area contributed by atoms with E-state index in [9.17, 15) is 0 Å². The maximum atomic E-state index is 4.44. The fourth-order valence-electron chi connectivity index (χ4n) is 1.91. The zero-order valence-corrected chi connectivity index (χ0v) is 11.8. The molecule has 4 nitrogen and oxygen atoms in total. The van der Waals surface area contributed by atoms with Gasteiger partial charge in [-0.25, -0.2) is 4.52 Å². The third-order valence-electron chi connectivity index (χ3n) is 2.85. The van der Waals surface area contributed by atoms with E-state index in [0.717, 1.165) is 23.1 Å². The molecule has 0 unspecified atom stereocenters. The lowest BCUT2D eigenvalue weighted by Crippen LogP contribution is -2.06. The monoisotopic (exact) mass is 316 g/mol. The van der Waals surface area contributed by atoms with Crippen LogP contribution in [-0.2, 0) is 6.42 Å². The average molecular weight is 317 g/mol.